The highest BCUT2D eigenvalue weighted by Gasteiger charge is 2.45. The van der Waals surface area contributed by atoms with Crippen molar-refractivity contribution in [1.82, 2.24) is 48.2 Å². The first-order chi connectivity index (χ1) is 72.2. The smallest absolute Gasteiger partial charge is 0.160 e. The van der Waals surface area contributed by atoms with Crippen molar-refractivity contribution in [3.8, 4) is 124 Å². The molecule has 0 saturated carbocycles. The lowest BCUT2D eigenvalue weighted by Gasteiger charge is -2.21. The van der Waals surface area contributed by atoms with Crippen LogP contribution < -0.4 is 31.1 Å². The molecule has 0 saturated heterocycles. The summed E-state index contributed by atoms with van der Waals surface area (Å²) >= 11 is 1.87. The molecule has 12 heterocycles. The summed E-state index contributed by atoms with van der Waals surface area (Å²) in [5, 5.41) is 23.1. The van der Waals surface area contributed by atoms with Gasteiger partial charge in [0.1, 0.15) is 35.4 Å². The summed E-state index contributed by atoms with van der Waals surface area (Å²) in [6, 6.07) is 161. The van der Waals surface area contributed by atoms with Crippen LogP contribution in [0.3, 0.4) is 0 Å². The molecule has 11 nitrogen and oxygen atoms in total. The zero-order valence-electron chi connectivity index (χ0n) is 81.5. The van der Waals surface area contributed by atoms with E-state index >= 15 is 0 Å². The fourth-order valence-corrected chi connectivity index (χ4v) is 35.4. The third kappa shape index (κ3) is 13.2. The fourth-order valence-electron chi connectivity index (χ4n) is 24.6. The Morgan fingerprint density at radius 3 is 0.939 bits per heavy atom. The first-order valence-electron chi connectivity index (χ1n) is 50.5. The Bertz CT molecular complexity index is 9960. The quantitative estimate of drug-likeness (QED) is 0.125. The Morgan fingerprint density at radius 2 is 0.510 bits per heavy atom. The van der Waals surface area contributed by atoms with Crippen LogP contribution in [0.25, 0.3) is 254 Å². The predicted octanol–water partition coefficient (Wildman–Crippen LogP) is 30.5. The lowest BCUT2D eigenvalue weighted by Crippen LogP contribution is -2.50. The standard InChI is InChI=1S/C48H34N4Si.C42H29N3OSi.C42H29N3SSi/c1-53(2)42-24-14-11-21-38(42)45-47(53)44(31-15-5-3-6-16-31)49-48(50-45)32-25-27-34(28-26-32)52-39-22-12-9-19-35(39)36-29-30-41-43(46(36)52)37-20-10-13-23-40(37)51(41)33-17-7-4-8-18-33;2*1-47(2)36-19-11-8-16-32(36)39-41(47)38(26-12-4-3-5-13-26)43-42(44-39)27-20-22-28(23-21-27)45-33-17-9-6-14-29(33)30-24-25-35-37(40(30)45)31-15-7-10-18-34(31)46-35/h3-30H,1-2H3;2*3-25H,1-2H3. The second kappa shape index (κ2) is 33.2. The van der Waals surface area contributed by atoms with Gasteiger partial charge in [0.15, 0.2) is 17.5 Å². The van der Waals surface area contributed by atoms with Crippen LogP contribution in [0, 0.1) is 0 Å². The van der Waals surface area contributed by atoms with Gasteiger partial charge in [-0.2, -0.15) is 0 Å². The van der Waals surface area contributed by atoms with E-state index in [-0.39, 0.29) is 0 Å². The first kappa shape index (κ1) is 86.0. The third-order valence-corrected chi connectivity index (χ3v) is 43.0. The van der Waals surface area contributed by atoms with Crippen molar-refractivity contribution in [3.63, 3.8) is 0 Å². The minimum Gasteiger partial charge on any atom is -0.456 e. The Hall–Kier alpha value is -17.7. The number of fused-ring (bicyclic) bond motifs is 30. The second-order valence-electron chi connectivity index (χ2n) is 40.6. The largest absolute Gasteiger partial charge is 0.456 e. The highest BCUT2D eigenvalue weighted by molar-refractivity contribution is 7.26. The molecule has 0 bridgehead atoms. The number of hydrogen-bond donors (Lipinski definition) is 0. The molecule has 0 unspecified atom stereocenters. The van der Waals surface area contributed by atoms with Gasteiger partial charge in [-0.05, 0) is 193 Å². The SMILES string of the molecule is C[Si]1(C)c2ccccc2-c2nc(-c3ccc(-n4c5ccccc5c5ccc6c(c7ccccc7n6-c6ccccc6)c54)cc3)nc(-c3ccccc3)c21.C[Si]1(C)c2ccccc2-c2nc(-c3ccc(-n4c5ccccc5c5ccc6oc7ccccc7c6c54)cc3)nc(-c3ccccc3)c21.C[Si]1(C)c2ccccc2-c2nc(-c3ccc(-n4c5ccccc5c5ccc6sc7ccccc7c6c54)cc3)nc(-c3ccccc3)c21. The molecule has 19 aromatic carbocycles. The number of nitrogens with zero attached hydrogens (tertiary/aromatic N) is 10. The van der Waals surface area contributed by atoms with Crippen molar-refractivity contribution in [2.24, 2.45) is 0 Å². The molecule has 0 radical (unpaired) electrons. The van der Waals surface area contributed by atoms with E-state index in [0.29, 0.717) is 0 Å². The normalized spacial score (nSPS) is 13.4. The third-order valence-electron chi connectivity index (χ3n) is 31.3. The van der Waals surface area contributed by atoms with Crippen LogP contribution in [-0.4, -0.2) is 72.4 Å². The molecule has 0 amide bonds. The maximum absolute atomic E-state index is 6.32. The van der Waals surface area contributed by atoms with Gasteiger partial charge in [-0.15, -0.1) is 11.3 Å². The first-order valence-corrected chi connectivity index (χ1v) is 60.3. The maximum atomic E-state index is 6.32. The Labute approximate surface area is 854 Å². The van der Waals surface area contributed by atoms with Crippen LogP contribution in [0.5, 0.6) is 0 Å². The molecule has 0 N–H and O–H groups in total. The highest BCUT2D eigenvalue weighted by Crippen LogP contribution is 2.49. The summed E-state index contributed by atoms with van der Waals surface area (Å²) in [5.41, 5.74) is 32.5. The molecule has 3 aliphatic heterocycles. The van der Waals surface area contributed by atoms with Crippen molar-refractivity contribution in [2.45, 2.75) is 39.3 Å². The van der Waals surface area contributed by atoms with Crippen molar-refractivity contribution in [1.29, 1.82) is 0 Å². The van der Waals surface area contributed by atoms with E-state index in [9.17, 15) is 0 Å². The lowest BCUT2D eigenvalue weighted by atomic mass is 10.1. The molecule has 3 aliphatic rings. The molecule has 147 heavy (non-hydrogen) atoms. The Balaban J connectivity index is 0.000000104. The van der Waals surface area contributed by atoms with Gasteiger partial charge in [0.25, 0.3) is 0 Å². The van der Waals surface area contributed by atoms with E-state index in [4.69, 9.17) is 34.3 Å². The van der Waals surface area contributed by atoms with Crippen molar-refractivity contribution >= 4 is 196 Å². The molecule has 0 fully saturated rings. The van der Waals surface area contributed by atoms with Crippen LogP contribution >= 0.6 is 11.3 Å². The number of thiophene rings is 1. The van der Waals surface area contributed by atoms with Gasteiger partial charge in [-0.1, -0.05) is 343 Å². The molecule has 694 valence electrons. The molecule has 9 aromatic heterocycles. The number of furan rings is 1. The summed E-state index contributed by atoms with van der Waals surface area (Å²) in [4.78, 5) is 32.0. The van der Waals surface area contributed by atoms with Gasteiger partial charge in [-0.3, -0.25) is 0 Å². The van der Waals surface area contributed by atoms with Crippen LogP contribution in [0.15, 0.2) is 453 Å². The lowest BCUT2D eigenvalue weighted by molar-refractivity contribution is 0.669. The van der Waals surface area contributed by atoms with E-state index < -0.39 is 24.2 Å². The molecular weight excluding hydrogens is 1860 g/mol. The summed E-state index contributed by atoms with van der Waals surface area (Å²) in [7, 11) is -6.02. The van der Waals surface area contributed by atoms with E-state index in [1.807, 2.05) is 23.5 Å². The Kier molecular flexibility index (Phi) is 19.4. The van der Waals surface area contributed by atoms with Crippen molar-refractivity contribution in [2.75, 3.05) is 0 Å². The molecule has 0 atom stereocenters. The van der Waals surface area contributed by atoms with E-state index in [2.05, 4.69) is 494 Å². The van der Waals surface area contributed by atoms with Gasteiger partial charge >= 0.3 is 0 Å². The van der Waals surface area contributed by atoms with Gasteiger partial charge in [0.2, 0.25) is 0 Å². The average molecular weight is 1950 g/mol. The fraction of sp³-hybridized carbons (Fsp3) is 0.0455. The predicted molar refractivity (Wildman–Crippen MR) is 623 cm³/mol. The number of hydrogen-bond acceptors (Lipinski definition) is 8. The number of aromatic nitrogens is 10. The van der Waals surface area contributed by atoms with Gasteiger partial charge in [0.05, 0.1) is 83.7 Å². The molecule has 0 aliphatic carbocycles. The minimum absolute atomic E-state index is 0.751. The monoisotopic (exact) mass is 1950 g/mol. The molecule has 31 rings (SSSR count). The highest BCUT2D eigenvalue weighted by atomic mass is 32.1. The van der Waals surface area contributed by atoms with E-state index in [0.717, 1.165) is 141 Å². The summed E-state index contributed by atoms with van der Waals surface area (Å²) < 4.78 is 18.6. The number of rotatable bonds is 10. The van der Waals surface area contributed by atoms with Gasteiger partial charge in [-0.25, -0.2) is 29.9 Å². The van der Waals surface area contributed by atoms with Crippen LogP contribution in [0.4, 0.5) is 0 Å². The van der Waals surface area contributed by atoms with E-state index in [1.54, 1.807) is 0 Å². The zero-order chi connectivity index (χ0) is 97.8. The molecule has 0 spiro atoms. The molecule has 28 aromatic rings. The zero-order valence-corrected chi connectivity index (χ0v) is 85.3. The average Bonchev–Trinajstić information content (AvgIpc) is 1.55. The minimum atomic E-state index is -2.02. The molecular formula is C132H92N10OSSi3. The topological polar surface area (TPSA) is 110 Å². The number of para-hydroxylation sites is 6. The maximum Gasteiger partial charge on any atom is 0.160 e. The summed E-state index contributed by atoms with van der Waals surface area (Å²) in [5.74, 6) is 2.27. The van der Waals surface area contributed by atoms with E-state index in [1.165, 1.54) is 144 Å². The van der Waals surface area contributed by atoms with Crippen molar-refractivity contribution < 1.29 is 4.42 Å². The van der Waals surface area contributed by atoms with Crippen LogP contribution in [0.1, 0.15) is 0 Å². The second-order valence-corrected chi connectivity index (χ2v) is 54.5. The summed E-state index contributed by atoms with van der Waals surface area (Å²) in [6.45, 7) is 14.6. The van der Waals surface area contributed by atoms with Crippen LogP contribution in [0.2, 0.25) is 39.3 Å². The molecule has 15 heteroatoms. The Morgan fingerprint density at radius 1 is 0.197 bits per heavy atom. The van der Waals surface area contributed by atoms with Gasteiger partial charge in [0, 0.05) is 125 Å². The number of benzene rings is 19. The van der Waals surface area contributed by atoms with Crippen LogP contribution in [-0.2, 0) is 0 Å². The summed E-state index contributed by atoms with van der Waals surface area (Å²) in [6.07, 6.45) is 0. The van der Waals surface area contributed by atoms with Gasteiger partial charge < -0.3 is 22.7 Å². The van der Waals surface area contributed by atoms with Crippen molar-refractivity contribution in [3.05, 3.63) is 449 Å².